The maximum absolute atomic E-state index is 5.68. The molecule has 2 aromatic carbocycles. The van der Waals surface area contributed by atoms with Crippen molar-refractivity contribution >= 4 is 5.69 Å². The van der Waals surface area contributed by atoms with E-state index < -0.39 is 0 Å². The van der Waals surface area contributed by atoms with Gasteiger partial charge in [0, 0.05) is 11.7 Å². The van der Waals surface area contributed by atoms with Crippen molar-refractivity contribution in [1.29, 1.82) is 0 Å². The quantitative estimate of drug-likeness (QED) is 0.807. The summed E-state index contributed by atoms with van der Waals surface area (Å²) in [6, 6.07) is 15.1. The monoisotopic (exact) mass is 283 g/mol. The van der Waals surface area contributed by atoms with Crippen LogP contribution in [0, 0.1) is 13.8 Å². The zero-order valence-corrected chi connectivity index (χ0v) is 13.6. The number of ether oxygens (including phenoxy) is 1. The third-order valence-corrected chi connectivity index (χ3v) is 3.52. The van der Waals surface area contributed by atoms with Gasteiger partial charge in [0.25, 0.3) is 0 Å². The van der Waals surface area contributed by atoms with Crippen LogP contribution in [0.25, 0.3) is 0 Å². The van der Waals surface area contributed by atoms with Crippen molar-refractivity contribution in [2.75, 3.05) is 5.32 Å². The fraction of sp³-hybridized carbons (Fsp3) is 0.368. The summed E-state index contributed by atoms with van der Waals surface area (Å²) in [5.74, 6) is 0.924. The van der Waals surface area contributed by atoms with Crippen molar-refractivity contribution in [1.82, 2.24) is 0 Å². The molecular weight excluding hydrogens is 258 g/mol. The fourth-order valence-corrected chi connectivity index (χ4v) is 2.32. The van der Waals surface area contributed by atoms with Gasteiger partial charge in [-0.2, -0.15) is 0 Å². The first kappa shape index (κ1) is 15.4. The molecule has 2 nitrogen and oxygen atoms in total. The average molecular weight is 283 g/mol. The lowest BCUT2D eigenvalue weighted by Gasteiger charge is -2.18. The number of anilines is 1. The molecule has 112 valence electrons. The van der Waals surface area contributed by atoms with Crippen LogP contribution < -0.4 is 10.1 Å². The van der Waals surface area contributed by atoms with E-state index >= 15 is 0 Å². The van der Waals surface area contributed by atoms with Gasteiger partial charge in [-0.3, -0.25) is 0 Å². The SMILES string of the molecule is Cc1ccc(C)c(NC(C)c2ccc(OC(C)C)cc2)c1. The zero-order chi connectivity index (χ0) is 15.4. The molecule has 0 fully saturated rings. The highest BCUT2D eigenvalue weighted by Crippen LogP contribution is 2.24. The predicted molar refractivity (Wildman–Crippen MR) is 90.2 cm³/mol. The van der Waals surface area contributed by atoms with Crippen LogP contribution in [0.1, 0.15) is 43.5 Å². The summed E-state index contributed by atoms with van der Waals surface area (Å²) in [7, 11) is 0. The summed E-state index contributed by atoms with van der Waals surface area (Å²) in [5.41, 5.74) is 5.00. The molecule has 2 aromatic rings. The van der Waals surface area contributed by atoms with Gasteiger partial charge in [-0.1, -0.05) is 24.3 Å². The molecule has 0 aliphatic rings. The van der Waals surface area contributed by atoms with Crippen molar-refractivity contribution < 1.29 is 4.74 Å². The van der Waals surface area contributed by atoms with E-state index in [2.05, 4.69) is 56.4 Å². The first-order chi connectivity index (χ1) is 9.95. The van der Waals surface area contributed by atoms with Crippen LogP contribution >= 0.6 is 0 Å². The average Bonchev–Trinajstić information content (AvgIpc) is 2.43. The Morgan fingerprint density at radius 3 is 2.19 bits per heavy atom. The molecule has 2 rings (SSSR count). The lowest BCUT2D eigenvalue weighted by atomic mass is 10.1. The third kappa shape index (κ3) is 4.25. The van der Waals surface area contributed by atoms with Crippen molar-refractivity contribution in [3.8, 4) is 5.75 Å². The second-order valence-corrected chi connectivity index (χ2v) is 5.92. The Kier molecular flexibility index (Phi) is 4.89. The van der Waals surface area contributed by atoms with Gasteiger partial charge in [0.15, 0.2) is 0 Å². The maximum Gasteiger partial charge on any atom is 0.119 e. The lowest BCUT2D eigenvalue weighted by Crippen LogP contribution is -2.09. The number of nitrogens with one attached hydrogen (secondary N) is 1. The molecule has 0 bridgehead atoms. The van der Waals surface area contributed by atoms with E-state index in [-0.39, 0.29) is 12.1 Å². The van der Waals surface area contributed by atoms with Gasteiger partial charge in [0.05, 0.1) is 6.10 Å². The molecular formula is C19H25NO. The molecule has 21 heavy (non-hydrogen) atoms. The van der Waals surface area contributed by atoms with E-state index in [1.54, 1.807) is 0 Å². The highest BCUT2D eigenvalue weighted by molar-refractivity contribution is 5.54. The lowest BCUT2D eigenvalue weighted by molar-refractivity contribution is 0.242. The van der Waals surface area contributed by atoms with Crippen molar-refractivity contribution in [2.45, 2.75) is 46.8 Å². The van der Waals surface area contributed by atoms with Gasteiger partial charge in [-0.25, -0.2) is 0 Å². The Hall–Kier alpha value is -1.96. The second-order valence-electron chi connectivity index (χ2n) is 5.92. The molecule has 1 unspecified atom stereocenters. The first-order valence-corrected chi connectivity index (χ1v) is 7.56. The molecule has 0 spiro atoms. The van der Waals surface area contributed by atoms with Crippen LogP contribution in [0.4, 0.5) is 5.69 Å². The standard InChI is InChI=1S/C19H25NO/c1-13(2)21-18-10-8-17(9-11-18)16(5)20-19-12-14(3)6-7-15(19)4/h6-13,16,20H,1-5H3. The molecule has 1 N–H and O–H groups in total. The highest BCUT2D eigenvalue weighted by Gasteiger charge is 2.08. The number of hydrogen-bond acceptors (Lipinski definition) is 2. The number of aryl methyl sites for hydroxylation is 2. The van der Waals surface area contributed by atoms with E-state index in [0.717, 1.165) is 5.75 Å². The van der Waals surface area contributed by atoms with Gasteiger partial charge in [0.1, 0.15) is 5.75 Å². The first-order valence-electron chi connectivity index (χ1n) is 7.56. The van der Waals surface area contributed by atoms with Crippen molar-refractivity contribution in [2.24, 2.45) is 0 Å². The van der Waals surface area contributed by atoms with E-state index in [1.165, 1.54) is 22.4 Å². The molecule has 0 aliphatic heterocycles. The molecule has 2 heteroatoms. The van der Waals surface area contributed by atoms with E-state index in [1.807, 2.05) is 26.0 Å². The number of hydrogen-bond donors (Lipinski definition) is 1. The number of rotatable bonds is 5. The summed E-state index contributed by atoms with van der Waals surface area (Å²) in [6.07, 6.45) is 0.210. The smallest absolute Gasteiger partial charge is 0.119 e. The van der Waals surface area contributed by atoms with E-state index in [0.29, 0.717) is 0 Å². The van der Waals surface area contributed by atoms with Crippen LogP contribution in [0.3, 0.4) is 0 Å². The van der Waals surface area contributed by atoms with Gasteiger partial charge in [0.2, 0.25) is 0 Å². The highest BCUT2D eigenvalue weighted by atomic mass is 16.5. The van der Waals surface area contributed by atoms with Gasteiger partial charge in [-0.05, 0) is 69.5 Å². The Bertz CT molecular complexity index is 587. The van der Waals surface area contributed by atoms with Crippen molar-refractivity contribution in [3.05, 3.63) is 59.2 Å². The van der Waals surface area contributed by atoms with Crippen LogP contribution in [0.5, 0.6) is 5.75 Å². The predicted octanol–water partition coefficient (Wildman–Crippen LogP) is 5.26. The minimum atomic E-state index is 0.210. The minimum Gasteiger partial charge on any atom is -0.491 e. The minimum absolute atomic E-state index is 0.210. The van der Waals surface area contributed by atoms with Gasteiger partial charge >= 0.3 is 0 Å². The summed E-state index contributed by atoms with van der Waals surface area (Å²) in [5, 5.41) is 3.59. The summed E-state index contributed by atoms with van der Waals surface area (Å²) in [4.78, 5) is 0. The Morgan fingerprint density at radius 1 is 0.905 bits per heavy atom. The third-order valence-electron chi connectivity index (χ3n) is 3.52. The molecule has 0 radical (unpaired) electrons. The molecule has 0 saturated carbocycles. The fourth-order valence-electron chi connectivity index (χ4n) is 2.32. The van der Waals surface area contributed by atoms with Crippen LogP contribution in [0.2, 0.25) is 0 Å². The topological polar surface area (TPSA) is 21.3 Å². The van der Waals surface area contributed by atoms with E-state index in [4.69, 9.17) is 4.74 Å². The number of benzene rings is 2. The van der Waals surface area contributed by atoms with Crippen LogP contribution in [0.15, 0.2) is 42.5 Å². The summed E-state index contributed by atoms with van der Waals surface area (Å²) < 4.78 is 5.68. The molecule has 0 aromatic heterocycles. The van der Waals surface area contributed by atoms with Crippen LogP contribution in [-0.4, -0.2) is 6.10 Å². The van der Waals surface area contributed by atoms with Gasteiger partial charge in [-0.15, -0.1) is 0 Å². The van der Waals surface area contributed by atoms with Crippen molar-refractivity contribution in [3.63, 3.8) is 0 Å². The van der Waals surface area contributed by atoms with Crippen LogP contribution in [-0.2, 0) is 0 Å². The largest absolute Gasteiger partial charge is 0.491 e. The normalized spacial score (nSPS) is 12.3. The zero-order valence-electron chi connectivity index (χ0n) is 13.6. The summed E-state index contributed by atoms with van der Waals surface area (Å²) in [6.45, 7) is 10.5. The molecule has 1 atom stereocenters. The summed E-state index contributed by atoms with van der Waals surface area (Å²) >= 11 is 0. The Balaban J connectivity index is 2.09. The molecule has 0 heterocycles. The molecule has 0 amide bonds. The Labute approximate surface area is 128 Å². The molecule has 0 saturated heterocycles. The van der Waals surface area contributed by atoms with Gasteiger partial charge < -0.3 is 10.1 Å². The maximum atomic E-state index is 5.68. The second kappa shape index (κ2) is 6.66. The molecule has 0 aliphatic carbocycles. The Morgan fingerprint density at radius 2 is 1.57 bits per heavy atom. The van der Waals surface area contributed by atoms with E-state index in [9.17, 15) is 0 Å².